The van der Waals surface area contributed by atoms with E-state index in [1.54, 1.807) is 6.92 Å². The molecule has 0 aromatic rings. The third-order valence-corrected chi connectivity index (χ3v) is 9.95. The lowest BCUT2D eigenvalue weighted by Gasteiger charge is -2.36. The molecule has 43 heavy (non-hydrogen) atoms. The molecule has 1 heterocycles. The summed E-state index contributed by atoms with van der Waals surface area (Å²) < 4.78 is 0. The summed E-state index contributed by atoms with van der Waals surface area (Å²) in [6, 6.07) is -2.60. The van der Waals surface area contributed by atoms with Crippen LogP contribution in [0, 0.1) is 23.7 Å². The quantitative estimate of drug-likeness (QED) is 0.179. The highest BCUT2D eigenvalue weighted by molar-refractivity contribution is 5.94. The zero-order valence-corrected chi connectivity index (χ0v) is 26.0. The Morgan fingerprint density at radius 3 is 2.07 bits per heavy atom. The van der Waals surface area contributed by atoms with Gasteiger partial charge in [-0.3, -0.25) is 19.2 Å². The number of carboxylic acids is 2. The molecule has 3 fully saturated rings. The van der Waals surface area contributed by atoms with Crippen molar-refractivity contribution in [2.75, 3.05) is 26.2 Å². The molecule has 0 aromatic carbocycles. The highest BCUT2D eigenvalue weighted by atomic mass is 16.4. The first-order chi connectivity index (χ1) is 20.7. The average Bonchev–Trinajstić information content (AvgIpc) is 3.00. The zero-order valence-electron chi connectivity index (χ0n) is 26.0. The first-order valence-electron chi connectivity index (χ1n) is 16.7. The van der Waals surface area contributed by atoms with Gasteiger partial charge in [0.1, 0.15) is 12.1 Å². The number of rotatable bonds is 16. The predicted molar refractivity (Wildman–Crippen MR) is 162 cm³/mol. The number of amides is 3. The van der Waals surface area contributed by atoms with Crippen LogP contribution >= 0.6 is 0 Å². The van der Waals surface area contributed by atoms with E-state index in [1.165, 1.54) is 37.0 Å². The lowest BCUT2D eigenvalue weighted by Crippen LogP contribution is -2.54. The Bertz CT molecular complexity index is 925. The average molecular weight is 607 g/mol. The SMILES string of the molecule is CCN(CC(=O)NC(CC(=O)O)C(=O)NC(CC1CCC(C2CCCCC2)CC1)C(=O)O)C(=O)CCCC1CCNCC1. The third kappa shape index (κ3) is 12.1. The number of carbonyl (C=O) groups excluding carboxylic acids is 3. The summed E-state index contributed by atoms with van der Waals surface area (Å²) in [7, 11) is 0. The van der Waals surface area contributed by atoms with Gasteiger partial charge in [0.15, 0.2) is 0 Å². The first-order valence-corrected chi connectivity index (χ1v) is 16.7. The van der Waals surface area contributed by atoms with Crippen LogP contribution in [0.4, 0.5) is 0 Å². The minimum atomic E-state index is -1.44. The largest absolute Gasteiger partial charge is 0.481 e. The van der Waals surface area contributed by atoms with E-state index in [4.69, 9.17) is 0 Å². The normalized spacial score (nSPS) is 23.1. The number of likely N-dealkylation sites (N-methyl/N-ethyl adjacent to an activating group) is 1. The zero-order chi connectivity index (χ0) is 31.2. The van der Waals surface area contributed by atoms with E-state index in [0.29, 0.717) is 24.8 Å². The van der Waals surface area contributed by atoms with Gasteiger partial charge in [0.2, 0.25) is 17.7 Å². The van der Waals surface area contributed by atoms with Crippen molar-refractivity contribution >= 4 is 29.7 Å². The summed E-state index contributed by atoms with van der Waals surface area (Å²) in [6.45, 7) is 3.77. The van der Waals surface area contributed by atoms with Crippen LogP contribution in [-0.2, 0) is 24.0 Å². The first kappa shape index (κ1) is 34.8. The van der Waals surface area contributed by atoms with E-state index >= 15 is 0 Å². The summed E-state index contributed by atoms with van der Waals surface area (Å²) >= 11 is 0. The fourth-order valence-corrected chi connectivity index (χ4v) is 7.37. The van der Waals surface area contributed by atoms with E-state index in [9.17, 15) is 34.2 Å². The van der Waals surface area contributed by atoms with Gasteiger partial charge in [-0.1, -0.05) is 44.9 Å². The van der Waals surface area contributed by atoms with Crippen molar-refractivity contribution in [3.8, 4) is 0 Å². The molecule has 11 heteroatoms. The number of hydrogen-bond donors (Lipinski definition) is 5. The molecule has 11 nitrogen and oxygen atoms in total. The molecular formula is C32H54N4O7. The minimum absolute atomic E-state index is 0.157. The maximum atomic E-state index is 13.1. The number of hydrogen-bond acceptors (Lipinski definition) is 6. The lowest BCUT2D eigenvalue weighted by atomic mass is 9.70. The smallest absolute Gasteiger partial charge is 0.326 e. The fourth-order valence-electron chi connectivity index (χ4n) is 7.37. The molecule has 244 valence electrons. The van der Waals surface area contributed by atoms with E-state index in [0.717, 1.165) is 70.4 Å². The molecule has 2 unspecified atom stereocenters. The van der Waals surface area contributed by atoms with Crippen LogP contribution < -0.4 is 16.0 Å². The molecule has 3 amide bonds. The van der Waals surface area contributed by atoms with E-state index in [2.05, 4.69) is 16.0 Å². The number of nitrogens with zero attached hydrogens (tertiary/aromatic N) is 1. The topological polar surface area (TPSA) is 165 Å². The molecule has 1 aliphatic heterocycles. The standard InChI is InChI=1S/C32H54N4O7/c1-2-36(29(38)10-6-7-22-15-17-33-18-16-22)21-28(37)34-26(20-30(39)40)31(41)35-27(32(42)43)19-23-11-13-25(14-12-23)24-8-4-3-5-9-24/h22-27,33H,2-21H2,1H3,(H,34,37)(H,35,41)(H,39,40)(H,42,43). The Kier molecular flexibility index (Phi) is 14.7. The summed E-state index contributed by atoms with van der Waals surface area (Å²) in [4.78, 5) is 63.6. The van der Waals surface area contributed by atoms with Gasteiger partial charge in [-0.2, -0.15) is 0 Å². The molecule has 3 rings (SSSR count). The summed E-state index contributed by atoms with van der Waals surface area (Å²) in [6.07, 6.45) is 14.4. The second kappa shape index (κ2) is 18.2. The number of carboxylic acid groups (broad SMARTS) is 2. The van der Waals surface area contributed by atoms with Gasteiger partial charge in [0, 0.05) is 13.0 Å². The van der Waals surface area contributed by atoms with Gasteiger partial charge in [-0.25, -0.2) is 4.79 Å². The second-order valence-electron chi connectivity index (χ2n) is 13.0. The van der Waals surface area contributed by atoms with Gasteiger partial charge in [0.05, 0.1) is 13.0 Å². The van der Waals surface area contributed by atoms with Crippen LogP contribution in [0.15, 0.2) is 0 Å². The van der Waals surface area contributed by atoms with Gasteiger partial charge in [-0.15, -0.1) is 0 Å². The Morgan fingerprint density at radius 1 is 0.814 bits per heavy atom. The molecular weight excluding hydrogens is 552 g/mol. The Labute approximate surface area is 256 Å². The number of aliphatic carboxylic acids is 2. The van der Waals surface area contributed by atoms with Crippen molar-refractivity contribution in [2.45, 2.75) is 122 Å². The van der Waals surface area contributed by atoms with E-state index in [1.807, 2.05) is 0 Å². The van der Waals surface area contributed by atoms with Crippen molar-refractivity contribution in [3.05, 3.63) is 0 Å². The van der Waals surface area contributed by atoms with Crippen LogP contribution in [0.3, 0.4) is 0 Å². The number of piperidine rings is 1. The Hall–Kier alpha value is -2.69. The van der Waals surface area contributed by atoms with Crippen LogP contribution in [0.25, 0.3) is 0 Å². The Balaban J connectivity index is 1.48. The highest BCUT2D eigenvalue weighted by Gasteiger charge is 2.33. The third-order valence-electron chi connectivity index (χ3n) is 9.95. The molecule has 3 aliphatic rings. The summed E-state index contributed by atoms with van der Waals surface area (Å²) in [5.41, 5.74) is 0. The molecule has 0 aromatic heterocycles. The van der Waals surface area contributed by atoms with Crippen LogP contribution in [0.5, 0.6) is 0 Å². The van der Waals surface area contributed by atoms with Crippen molar-refractivity contribution in [1.29, 1.82) is 0 Å². The van der Waals surface area contributed by atoms with Gasteiger partial charge in [0.25, 0.3) is 0 Å². The maximum absolute atomic E-state index is 13.1. The van der Waals surface area contributed by atoms with Gasteiger partial charge in [-0.05, 0) is 88.6 Å². The second-order valence-corrected chi connectivity index (χ2v) is 13.0. The molecule has 0 spiro atoms. The Morgan fingerprint density at radius 2 is 1.47 bits per heavy atom. The summed E-state index contributed by atoms with van der Waals surface area (Å²) in [5, 5.41) is 27.5. The van der Waals surface area contributed by atoms with Gasteiger partial charge >= 0.3 is 11.9 Å². The van der Waals surface area contributed by atoms with Crippen molar-refractivity contribution in [1.82, 2.24) is 20.9 Å². The minimum Gasteiger partial charge on any atom is -0.481 e. The molecule has 5 N–H and O–H groups in total. The van der Waals surface area contributed by atoms with Crippen molar-refractivity contribution in [3.63, 3.8) is 0 Å². The lowest BCUT2D eigenvalue weighted by molar-refractivity contribution is -0.144. The highest BCUT2D eigenvalue weighted by Crippen LogP contribution is 2.41. The molecule has 1 saturated heterocycles. The number of carbonyl (C=O) groups is 5. The van der Waals surface area contributed by atoms with E-state index in [-0.39, 0.29) is 24.8 Å². The van der Waals surface area contributed by atoms with Crippen molar-refractivity contribution in [2.24, 2.45) is 23.7 Å². The van der Waals surface area contributed by atoms with Crippen LogP contribution in [0.1, 0.15) is 110 Å². The number of nitrogens with one attached hydrogen (secondary N) is 3. The molecule has 0 radical (unpaired) electrons. The molecule has 0 bridgehead atoms. The summed E-state index contributed by atoms with van der Waals surface area (Å²) in [5.74, 6) is -1.85. The van der Waals surface area contributed by atoms with Crippen molar-refractivity contribution < 1.29 is 34.2 Å². The van der Waals surface area contributed by atoms with Crippen LogP contribution in [0.2, 0.25) is 0 Å². The maximum Gasteiger partial charge on any atom is 0.326 e. The fraction of sp³-hybridized carbons (Fsp3) is 0.844. The monoisotopic (exact) mass is 606 g/mol. The molecule has 2 saturated carbocycles. The predicted octanol–water partition coefficient (Wildman–Crippen LogP) is 3.31. The van der Waals surface area contributed by atoms with Crippen LogP contribution in [-0.4, -0.2) is 83.0 Å². The van der Waals surface area contributed by atoms with E-state index < -0.39 is 42.3 Å². The van der Waals surface area contributed by atoms with Gasteiger partial charge < -0.3 is 31.1 Å². The molecule has 2 aliphatic carbocycles. The molecule has 2 atom stereocenters.